The standard InChI is InChI=1S/C10H21N5O2S/c1-7(2)8(6-15(3)4)14-18(16,17)9-5-12-13-10(9)11/h5,7-8,14H,6H2,1-4H3,(H3,11,12,13). The molecule has 0 amide bonds. The van der Waals surface area contributed by atoms with E-state index in [1.165, 1.54) is 6.20 Å². The minimum Gasteiger partial charge on any atom is -0.383 e. The van der Waals surface area contributed by atoms with E-state index in [2.05, 4.69) is 14.9 Å². The molecule has 0 saturated heterocycles. The fourth-order valence-corrected chi connectivity index (χ4v) is 2.94. The zero-order valence-corrected chi connectivity index (χ0v) is 12.0. The summed E-state index contributed by atoms with van der Waals surface area (Å²) >= 11 is 0. The lowest BCUT2D eigenvalue weighted by atomic mass is 10.1. The van der Waals surface area contributed by atoms with Gasteiger partial charge in [0.05, 0.1) is 6.20 Å². The molecule has 4 N–H and O–H groups in total. The van der Waals surface area contributed by atoms with E-state index in [-0.39, 0.29) is 22.7 Å². The van der Waals surface area contributed by atoms with E-state index in [1.54, 1.807) is 0 Å². The van der Waals surface area contributed by atoms with E-state index in [0.29, 0.717) is 6.54 Å². The molecule has 0 aliphatic carbocycles. The maximum absolute atomic E-state index is 12.1. The molecule has 1 aromatic rings. The second-order valence-corrected chi connectivity index (χ2v) is 6.56. The lowest BCUT2D eigenvalue weighted by Crippen LogP contribution is -2.44. The first-order valence-electron chi connectivity index (χ1n) is 5.70. The molecule has 1 rings (SSSR count). The Morgan fingerprint density at radius 1 is 1.50 bits per heavy atom. The molecular weight excluding hydrogens is 254 g/mol. The van der Waals surface area contributed by atoms with Crippen molar-refractivity contribution >= 4 is 15.8 Å². The van der Waals surface area contributed by atoms with Gasteiger partial charge in [0.1, 0.15) is 10.7 Å². The van der Waals surface area contributed by atoms with Crippen LogP contribution in [0.1, 0.15) is 13.8 Å². The van der Waals surface area contributed by atoms with Crippen molar-refractivity contribution in [1.29, 1.82) is 0 Å². The monoisotopic (exact) mass is 275 g/mol. The Morgan fingerprint density at radius 2 is 2.11 bits per heavy atom. The van der Waals surface area contributed by atoms with Crippen LogP contribution in [0, 0.1) is 5.92 Å². The van der Waals surface area contributed by atoms with Gasteiger partial charge in [-0.25, -0.2) is 13.1 Å². The first kappa shape index (κ1) is 14.9. The number of aromatic nitrogens is 2. The summed E-state index contributed by atoms with van der Waals surface area (Å²) in [7, 11) is 0.165. The molecule has 104 valence electrons. The molecule has 0 aromatic carbocycles. The van der Waals surface area contributed by atoms with Crippen LogP contribution in [0.15, 0.2) is 11.1 Å². The predicted molar refractivity (Wildman–Crippen MR) is 70.5 cm³/mol. The maximum atomic E-state index is 12.1. The van der Waals surface area contributed by atoms with E-state index < -0.39 is 10.0 Å². The Labute approximate surface area is 108 Å². The number of anilines is 1. The van der Waals surface area contributed by atoms with Crippen LogP contribution in [0.3, 0.4) is 0 Å². The molecule has 1 atom stereocenters. The number of sulfonamides is 1. The summed E-state index contributed by atoms with van der Waals surface area (Å²) in [5, 5.41) is 6.04. The third kappa shape index (κ3) is 3.69. The number of nitrogens with zero attached hydrogens (tertiary/aromatic N) is 2. The highest BCUT2D eigenvalue weighted by Crippen LogP contribution is 2.16. The Morgan fingerprint density at radius 3 is 2.50 bits per heavy atom. The molecule has 1 heterocycles. The molecule has 7 nitrogen and oxygen atoms in total. The quantitative estimate of drug-likeness (QED) is 0.670. The second-order valence-electron chi connectivity index (χ2n) is 4.88. The van der Waals surface area contributed by atoms with E-state index in [0.717, 1.165) is 0 Å². The summed E-state index contributed by atoms with van der Waals surface area (Å²) in [4.78, 5) is 1.93. The second kappa shape index (κ2) is 5.68. The third-order valence-electron chi connectivity index (χ3n) is 2.59. The first-order chi connectivity index (χ1) is 8.24. The van der Waals surface area contributed by atoms with Crippen LogP contribution in [0.4, 0.5) is 5.82 Å². The summed E-state index contributed by atoms with van der Waals surface area (Å²) < 4.78 is 26.9. The van der Waals surface area contributed by atoms with Crippen LogP contribution in [0.25, 0.3) is 0 Å². The van der Waals surface area contributed by atoms with Crippen molar-refractivity contribution in [2.45, 2.75) is 24.8 Å². The Hall–Kier alpha value is -1.12. The average Bonchev–Trinajstić information content (AvgIpc) is 2.62. The number of nitrogens with one attached hydrogen (secondary N) is 2. The van der Waals surface area contributed by atoms with E-state index in [9.17, 15) is 8.42 Å². The lowest BCUT2D eigenvalue weighted by Gasteiger charge is -2.25. The number of nitrogen functional groups attached to an aromatic ring is 1. The molecule has 0 aliphatic rings. The molecule has 0 radical (unpaired) electrons. The number of nitrogens with two attached hydrogens (primary N) is 1. The van der Waals surface area contributed by atoms with Gasteiger partial charge < -0.3 is 10.6 Å². The van der Waals surface area contributed by atoms with Crippen molar-refractivity contribution in [1.82, 2.24) is 19.8 Å². The van der Waals surface area contributed by atoms with Crippen LogP contribution < -0.4 is 10.5 Å². The average molecular weight is 275 g/mol. The van der Waals surface area contributed by atoms with Crippen molar-refractivity contribution in [3.8, 4) is 0 Å². The zero-order chi connectivity index (χ0) is 13.9. The van der Waals surface area contributed by atoms with Gasteiger partial charge in [-0.05, 0) is 20.0 Å². The molecule has 0 fully saturated rings. The van der Waals surface area contributed by atoms with Crippen LogP contribution in [0.2, 0.25) is 0 Å². The highest BCUT2D eigenvalue weighted by atomic mass is 32.2. The Kier molecular flexibility index (Phi) is 4.71. The van der Waals surface area contributed by atoms with Gasteiger partial charge in [-0.1, -0.05) is 13.8 Å². The van der Waals surface area contributed by atoms with Gasteiger partial charge in [0, 0.05) is 12.6 Å². The smallest absolute Gasteiger partial charge is 0.246 e. The van der Waals surface area contributed by atoms with E-state index >= 15 is 0 Å². The SMILES string of the molecule is CC(C)C(CN(C)C)NS(=O)(=O)c1cn[nH]c1N. The van der Waals surface area contributed by atoms with Gasteiger partial charge in [0.2, 0.25) is 10.0 Å². The molecule has 1 unspecified atom stereocenters. The number of aromatic amines is 1. The largest absolute Gasteiger partial charge is 0.383 e. The molecule has 8 heteroatoms. The highest BCUT2D eigenvalue weighted by Gasteiger charge is 2.25. The van der Waals surface area contributed by atoms with Crippen molar-refractivity contribution in [2.75, 3.05) is 26.4 Å². The van der Waals surface area contributed by atoms with E-state index in [4.69, 9.17) is 5.73 Å². The van der Waals surface area contributed by atoms with Crippen LogP contribution in [-0.2, 0) is 10.0 Å². The minimum atomic E-state index is -3.63. The molecule has 18 heavy (non-hydrogen) atoms. The van der Waals surface area contributed by atoms with Crippen LogP contribution in [-0.4, -0.2) is 50.2 Å². The molecule has 0 bridgehead atoms. The van der Waals surface area contributed by atoms with Gasteiger partial charge >= 0.3 is 0 Å². The summed E-state index contributed by atoms with van der Waals surface area (Å²) in [5.74, 6) is 0.227. The number of hydrogen-bond donors (Lipinski definition) is 3. The van der Waals surface area contributed by atoms with Gasteiger partial charge in [-0.15, -0.1) is 0 Å². The zero-order valence-electron chi connectivity index (χ0n) is 11.1. The Bertz CT molecular complexity index is 480. The predicted octanol–water partition coefficient (Wildman–Crippen LogP) is -0.144. The van der Waals surface area contributed by atoms with Crippen molar-refractivity contribution in [3.05, 3.63) is 6.20 Å². The summed E-state index contributed by atoms with van der Waals surface area (Å²) in [6.45, 7) is 4.56. The first-order valence-corrected chi connectivity index (χ1v) is 7.18. The number of hydrogen-bond acceptors (Lipinski definition) is 5. The van der Waals surface area contributed by atoms with Gasteiger partial charge in [-0.3, -0.25) is 5.10 Å². The summed E-state index contributed by atoms with van der Waals surface area (Å²) in [6.07, 6.45) is 1.21. The van der Waals surface area contributed by atoms with Gasteiger partial charge in [0.25, 0.3) is 0 Å². The van der Waals surface area contributed by atoms with E-state index in [1.807, 2.05) is 32.8 Å². The normalized spacial score (nSPS) is 14.3. The fourth-order valence-electron chi connectivity index (χ4n) is 1.54. The molecule has 0 aliphatic heterocycles. The van der Waals surface area contributed by atoms with Crippen molar-refractivity contribution in [2.24, 2.45) is 5.92 Å². The molecular formula is C10H21N5O2S. The fraction of sp³-hybridized carbons (Fsp3) is 0.700. The Balaban J connectivity index is 2.90. The maximum Gasteiger partial charge on any atom is 0.246 e. The van der Waals surface area contributed by atoms with Crippen LogP contribution >= 0.6 is 0 Å². The minimum absolute atomic E-state index is 0.00749. The third-order valence-corrected chi connectivity index (χ3v) is 4.11. The lowest BCUT2D eigenvalue weighted by molar-refractivity contribution is 0.314. The molecule has 1 aromatic heterocycles. The van der Waals surface area contributed by atoms with Crippen LogP contribution in [0.5, 0.6) is 0 Å². The molecule has 0 spiro atoms. The number of rotatable bonds is 6. The van der Waals surface area contributed by atoms with Gasteiger partial charge in [0.15, 0.2) is 0 Å². The van der Waals surface area contributed by atoms with Crippen molar-refractivity contribution < 1.29 is 8.42 Å². The summed E-state index contributed by atoms with van der Waals surface area (Å²) in [5.41, 5.74) is 5.53. The summed E-state index contributed by atoms with van der Waals surface area (Å²) in [6, 6.07) is -0.181. The van der Waals surface area contributed by atoms with Gasteiger partial charge in [-0.2, -0.15) is 5.10 Å². The number of H-pyrrole nitrogens is 1. The molecule has 0 saturated carbocycles. The number of likely N-dealkylation sites (N-methyl/N-ethyl adjacent to an activating group) is 1. The topological polar surface area (TPSA) is 104 Å². The highest BCUT2D eigenvalue weighted by molar-refractivity contribution is 7.89. The van der Waals surface area contributed by atoms with Crippen molar-refractivity contribution in [3.63, 3.8) is 0 Å².